The van der Waals surface area contributed by atoms with Gasteiger partial charge in [0, 0.05) is 5.69 Å². The van der Waals surface area contributed by atoms with Crippen LogP contribution in [0.1, 0.15) is 18.1 Å². The number of nitrogens with zero attached hydrogens (tertiary/aromatic N) is 1. The second kappa shape index (κ2) is 9.18. The molecule has 0 fully saturated rings. The highest BCUT2D eigenvalue weighted by Crippen LogP contribution is 2.19. The minimum Gasteiger partial charge on any atom is -0.479 e. The van der Waals surface area contributed by atoms with Crippen molar-refractivity contribution >= 4 is 27.6 Å². The van der Waals surface area contributed by atoms with Crippen molar-refractivity contribution in [2.24, 2.45) is 5.14 Å². The lowest BCUT2D eigenvalue weighted by molar-refractivity contribution is -0.153. The third-order valence-corrected chi connectivity index (χ3v) is 4.81. The summed E-state index contributed by atoms with van der Waals surface area (Å²) < 4.78 is 33.4. The highest BCUT2D eigenvalue weighted by Gasteiger charge is 2.18. The van der Waals surface area contributed by atoms with Gasteiger partial charge in [0.1, 0.15) is 5.75 Å². The molecule has 0 saturated heterocycles. The first kappa shape index (κ1) is 21.9. The predicted octanol–water partition coefficient (Wildman–Crippen LogP) is 1.46. The fourth-order valence-corrected chi connectivity index (χ4v) is 3.10. The summed E-state index contributed by atoms with van der Waals surface area (Å²) in [5, 5.41) is 16.3. The number of nitriles is 1. The van der Waals surface area contributed by atoms with E-state index in [9.17, 15) is 18.0 Å². The first-order chi connectivity index (χ1) is 13.6. The summed E-state index contributed by atoms with van der Waals surface area (Å²) in [5.74, 6) is -1.06. The zero-order chi connectivity index (χ0) is 21.6. The number of primary sulfonamides is 1. The molecule has 3 N–H and O–H groups in total. The molecule has 0 aromatic heterocycles. The largest absolute Gasteiger partial charge is 0.479 e. The Balaban J connectivity index is 1.89. The Kier molecular flexibility index (Phi) is 6.93. The molecule has 2 rings (SSSR count). The zero-order valence-electron chi connectivity index (χ0n) is 15.7. The molecule has 10 heteroatoms. The monoisotopic (exact) mass is 417 g/mol. The minimum atomic E-state index is -3.93. The summed E-state index contributed by atoms with van der Waals surface area (Å²) in [5.41, 5.74) is 1.08. The lowest BCUT2D eigenvalue weighted by Gasteiger charge is -2.14. The molecule has 2 aromatic carbocycles. The van der Waals surface area contributed by atoms with Crippen LogP contribution in [0.25, 0.3) is 0 Å². The van der Waals surface area contributed by atoms with Crippen molar-refractivity contribution in [2.45, 2.75) is 24.8 Å². The molecule has 29 heavy (non-hydrogen) atoms. The Hall–Kier alpha value is -3.42. The van der Waals surface area contributed by atoms with Crippen LogP contribution < -0.4 is 15.2 Å². The molecule has 0 aliphatic rings. The van der Waals surface area contributed by atoms with Gasteiger partial charge in [-0.3, -0.25) is 4.79 Å². The van der Waals surface area contributed by atoms with Crippen molar-refractivity contribution in [2.75, 3.05) is 11.9 Å². The Morgan fingerprint density at radius 3 is 2.45 bits per heavy atom. The van der Waals surface area contributed by atoms with Crippen molar-refractivity contribution in [3.8, 4) is 11.8 Å². The fraction of sp³-hybridized carbons (Fsp3) is 0.211. The first-order valence-corrected chi connectivity index (χ1v) is 9.91. The number of esters is 1. The Morgan fingerprint density at radius 2 is 1.86 bits per heavy atom. The van der Waals surface area contributed by atoms with Crippen molar-refractivity contribution in [1.29, 1.82) is 5.26 Å². The smallest absolute Gasteiger partial charge is 0.347 e. The maximum atomic E-state index is 12.0. The van der Waals surface area contributed by atoms with E-state index in [1.807, 2.05) is 6.07 Å². The number of anilines is 1. The summed E-state index contributed by atoms with van der Waals surface area (Å²) >= 11 is 0. The van der Waals surface area contributed by atoms with Crippen LogP contribution in [-0.4, -0.2) is 33.0 Å². The average Bonchev–Trinajstić information content (AvgIpc) is 2.67. The standard InChI is InChI=1S/C19H19N3O6S/c1-12-3-6-15(9-17(12)29(21,25)26)22-18(23)11-27-19(24)13(2)28-16-7-4-14(10-20)5-8-16/h3-9,13H,11H2,1-2H3,(H,22,23)(H2,21,25,26). The molecule has 0 radical (unpaired) electrons. The topological polar surface area (TPSA) is 149 Å². The normalized spacial score (nSPS) is 11.8. The molecular formula is C19H19N3O6S. The number of amides is 1. The van der Waals surface area contributed by atoms with Crippen LogP contribution in [0.2, 0.25) is 0 Å². The minimum absolute atomic E-state index is 0.114. The number of hydrogen-bond acceptors (Lipinski definition) is 7. The van der Waals surface area contributed by atoms with Crippen LogP contribution in [0.15, 0.2) is 47.4 Å². The number of carbonyl (C=O) groups excluding carboxylic acids is 2. The van der Waals surface area contributed by atoms with Gasteiger partial charge in [-0.15, -0.1) is 0 Å². The molecule has 2 aromatic rings. The molecule has 152 valence electrons. The number of nitrogens with two attached hydrogens (primary N) is 1. The van der Waals surface area contributed by atoms with Gasteiger partial charge in [-0.1, -0.05) is 6.07 Å². The van der Waals surface area contributed by atoms with Gasteiger partial charge in [0.25, 0.3) is 5.91 Å². The van der Waals surface area contributed by atoms with Gasteiger partial charge in [-0.25, -0.2) is 18.4 Å². The van der Waals surface area contributed by atoms with Crippen molar-refractivity contribution in [3.05, 3.63) is 53.6 Å². The SMILES string of the molecule is Cc1ccc(NC(=O)COC(=O)C(C)Oc2ccc(C#N)cc2)cc1S(N)(=O)=O. The van der Waals surface area contributed by atoms with E-state index in [0.29, 0.717) is 16.9 Å². The van der Waals surface area contributed by atoms with Gasteiger partial charge in [-0.2, -0.15) is 5.26 Å². The third kappa shape index (κ3) is 6.31. The highest BCUT2D eigenvalue weighted by atomic mass is 32.2. The maximum Gasteiger partial charge on any atom is 0.347 e. The van der Waals surface area contributed by atoms with Crippen LogP contribution in [0.3, 0.4) is 0 Å². The van der Waals surface area contributed by atoms with Crippen LogP contribution in [-0.2, 0) is 24.3 Å². The summed E-state index contributed by atoms with van der Waals surface area (Å²) in [4.78, 5) is 23.8. The summed E-state index contributed by atoms with van der Waals surface area (Å²) in [6.07, 6.45) is -0.982. The number of rotatable bonds is 7. The molecule has 1 unspecified atom stereocenters. The van der Waals surface area contributed by atoms with Crippen molar-refractivity contribution < 1.29 is 27.5 Å². The molecule has 1 atom stereocenters. The van der Waals surface area contributed by atoms with Gasteiger partial charge >= 0.3 is 5.97 Å². The van der Waals surface area contributed by atoms with E-state index >= 15 is 0 Å². The Labute approximate surface area is 168 Å². The molecule has 0 bridgehead atoms. The molecule has 0 aliphatic carbocycles. The van der Waals surface area contributed by atoms with E-state index in [2.05, 4.69) is 5.32 Å². The number of nitrogens with one attached hydrogen (secondary N) is 1. The average molecular weight is 417 g/mol. The first-order valence-electron chi connectivity index (χ1n) is 8.37. The number of ether oxygens (including phenoxy) is 2. The molecule has 1 amide bonds. The van der Waals surface area contributed by atoms with Gasteiger partial charge < -0.3 is 14.8 Å². The highest BCUT2D eigenvalue weighted by molar-refractivity contribution is 7.89. The fourth-order valence-electron chi connectivity index (χ4n) is 2.30. The van der Waals surface area contributed by atoms with Crippen LogP contribution in [0, 0.1) is 18.3 Å². The van der Waals surface area contributed by atoms with E-state index in [1.54, 1.807) is 6.92 Å². The number of sulfonamides is 1. The van der Waals surface area contributed by atoms with Crippen LogP contribution >= 0.6 is 0 Å². The van der Waals surface area contributed by atoms with Crippen LogP contribution in [0.4, 0.5) is 5.69 Å². The van der Waals surface area contributed by atoms with E-state index in [0.717, 1.165) is 0 Å². The van der Waals surface area contributed by atoms with Crippen molar-refractivity contribution in [3.63, 3.8) is 0 Å². The van der Waals surface area contributed by atoms with Gasteiger partial charge in [-0.05, 0) is 55.8 Å². The van der Waals surface area contributed by atoms with Gasteiger partial charge in [0.15, 0.2) is 12.7 Å². The maximum absolute atomic E-state index is 12.0. The molecule has 0 spiro atoms. The second-order valence-electron chi connectivity index (χ2n) is 6.08. The van der Waals surface area contributed by atoms with E-state index < -0.39 is 34.6 Å². The van der Waals surface area contributed by atoms with Gasteiger partial charge in [0.2, 0.25) is 10.0 Å². The second-order valence-corrected chi connectivity index (χ2v) is 7.61. The number of aryl methyl sites for hydroxylation is 1. The Morgan fingerprint density at radius 1 is 1.21 bits per heavy atom. The summed E-state index contributed by atoms with van der Waals surface area (Å²) in [7, 11) is -3.93. The number of benzene rings is 2. The summed E-state index contributed by atoms with van der Waals surface area (Å²) in [6.45, 7) is 2.44. The lowest BCUT2D eigenvalue weighted by atomic mass is 10.2. The van der Waals surface area contributed by atoms with Crippen molar-refractivity contribution in [1.82, 2.24) is 0 Å². The zero-order valence-corrected chi connectivity index (χ0v) is 16.5. The third-order valence-electron chi connectivity index (χ3n) is 3.75. The molecule has 0 heterocycles. The quantitative estimate of drug-likeness (QED) is 0.648. The molecular weight excluding hydrogens is 398 g/mol. The van der Waals surface area contributed by atoms with E-state index in [4.69, 9.17) is 19.9 Å². The van der Waals surface area contributed by atoms with Crippen LogP contribution in [0.5, 0.6) is 5.75 Å². The van der Waals surface area contributed by atoms with E-state index in [-0.39, 0.29) is 10.6 Å². The lowest BCUT2D eigenvalue weighted by Crippen LogP contribution is -2.29. The van der Waals surface area contributed by atoms with Gasteiger partial charge in [0.05, 0.1) is 16.5 Å². The Bertz CT molecular complexity index is 1060. The number of carbonyl (C=O) groups is 2. The predicted molar refractivity (Wildman–Crippen MR) is 103 cm³/mol. The molecule has 0 saturated carbocycles. The summed E-state index contributed by atoms with van der Waals surface area (Å²) in [6, 6.07) is 12.3. The molecule has 9 nitrogen and oxygen atoms in total. The van der Waals surface area contributed by atoms with E-state index in [1.165, 1.54) is 49.4 Å². The number of hydrogen-bond donors (Lipinski definition) is 2. The molecule has 0 aliphatic heterocycles.